The first-order valence-electron chi connectivity index (χ1n) is 8.92. The number of nitrogens with zero attached hydrogens (tertiary/aromatic N) is 5. The van der Waals surface area contributed by atoms with Crippen LogP contribution in [0.15, 0.2) is 30.7 Å². The molecule has 5 rings (SSSR count). The van der Waals surface area contributed by atoms with Gasteiger partial charge in [-0.05, 0) is 31.7 Å². The lowest BCUT2D eigenvalue weighted by Gasteiger charge is -2.31. The van der Waals surface area contributed by atoms with Gasteiger partial charge in [0.05, 0.1) is 17.3 Å². The number of aromatic nitrogens is 5. The molecule has 2 fully saturated rings. The van der Waals surface area contributed by atoms with Crippen molar-refractivity contribution in [2.24, 2.45) is 0 Å². The van der Waals surface area contributed by atoms with Gasteiger partial charge < -0.3 is 9.47 Å². The topological polar surface area (TPSA) is 79.7 Å². The third kappa shape index (κ3) is 2.50. The molecular weight excluding hydrogens is 316 g/mol. The number of carbonyl (C=O) groups excluding carboxylic acids is 1. The molecule has 1 saturated heterocycles. The fourth-order valence-electron chi connectivity index (χ4n) is 3.84. The summed E-state index contributed by atoms with van der Waals surface area (Å²) in [5.74, 6) is 1.58. The summed E-state index contributed by atoms with van der Waals surface area (Å²) in [4.78, 5) is 14.9. The van der Waals surface area contributed by atoms with Crippen molar-refractivity contribution in [3.05, 3.63) is 42.1 Å². The van der Waals surface area contributed by atoms with E-state index in [1.54, 1.807) is 6.20 Å². The van der Waals surface area contributed by atoms with E-state index in [-0.39, 0.29) is 5.91 Å². The maximum atomic E-state index is 12.9. The Bertz CT molecular complexity index is 916. The zero-order chi connectivity index (χ0) is 16.8. The van der Waals surface area contributed by atoms with Gasteiger partial charge in [-0.2, -0.15) is 5.10 Å². The minimum Gasteiger partial charge on any atom is -0.339 e. The van der Waals surface area contributed by atoms with E-state index in [0.717, 1.165) is 42.7 Å². The maximum absolute atomic E-state index is 12.9. The third-order valence-electron chi connectivity index (χ3n) is 5.40. The largest absolute Gasteiger partial charge is 0.339 e. The number of para-hydroxylation sites is 1. The van der Waals surface area contributed by atoms with Crippen LogP contribution in [0.4, 0.5) is 0 Å². The summed E-state index contributed by atoms with van der Waals surface area (Å²) in [5, 5.41) is 16.4. The molecule has 2 aromatic heterocycles. The number of fused-ring (bicyclic) bond motifs is 1. The second-order valence-corrected chi connectivity index (χ2v) is 7.03. The first-order valence-corrected chi connectivity index (χ1v) is 8.92. The van der Waals surface area contributed by atoms with Crippen molar-refractivity contribution in [1.29, 1.82) is 0 Å². The Hall–Kier alpha value is -2.70. The van der Waals surface area contributed by atoms with E-state index in [0.29, 0.717) is 17.5 Å². The molecule has 128 valence electrons. The molecule has 3 heterocycles. The van der Waals surface area contributed by atoms with Crippen LogP contribution in [0.2, 0.25) is 0 Å². The SMILES string of the molecule is O=C(c1cccc2cn[nH]c12)N1CCC(c2nncn2C2CC2)CC1. The van der Waals surface area contributed by atoms with Crippen molar-refractivity contribution in [3.8, 4) is 0 Å². The van der Waals surface area contributed by atoms with Crippen LogP contribution in [0.1, 0.15) is 53.8 Å². The van der Waals surface area contributed by atoms with Gasteiger partial charge in [0.2, 0.25) is 0 Å². The van der Waals surface area contributed by atoms with E-state index in [1.165, 1.54) is 12.8 Å². The number of rotatable bonds is 3. The van der Waals surface area contributed by atoms with Gasteiger partial charge in [-0.1, -0.05) is 12.1 Å². The zero-order valence-corrected chi connectivity index (χ0v) is 13.9. The third-order valence-corrected chi connectivity index (χ3v) is 5.40. The summed E-state index contributed by atoms with van der Waals surface area (Å²) >= 11 is 0. The van der Waals surface area contributed by atoms with Crippen LogP contribution >= 0.6 is 0 Å². The molecular formula is C18H20N6O. The molecule has 7 nitrogen and oxygen atoms in total. The molecule has 1 saturated carbocycles. The van der Waals surface area contributed by atoms with Crippen molar-refractivity contribution in [1.82, 2.24) is 29.9 Å². The Morgan fingerprint density at radius 1 is 1.16 bits per heavy atom. The van der Waals surface area contributed by atoms with Crippen molar-refractivity contribution in [2.75, 3.05) is 13.1 Å². The van der Waals surface area contributed by atoms with Crippen LogP contribution in [0.25, 0.3) is 10.9 Å². The first kappa shape index (κ1) is 14.6. The second kappa shape index (κ2) is 5.68. The zero-order valence-electron chi connectivity index (χ0n) is 13.9. The predicted molar refractivity (Wildman–Crippen MR) is 92.3 cm³/mol. The highest BCUT2D eigenvalue weighted by molar-refractivity contribution is 6.05. The van der Waals surface area contributed by atoms with E-state index in [9.17, 15) is 4.79 Å². The van der Waals surface area contributed by atoms with Gasteiger partial charge in [0.25, 0.3) is 5.91 Å². The van der Waals surface area contributed by atoms with E-state index in [2.05, 4.69) is 25.0 Å². The quantitative estimate of drug-likeness (QED) is 0.797. The number of aromatic amines is 1. The second-order valence-electron chi connectivity index (χ2n) is 7.03. The summed E-state index contributed by atoms with van der Waals surface area (Å²) in [6.45, 7) is 1.51. The highest BCUT2D eigenvalue weighted by Crippen LogP contribution is 2.38. The number of nitrogens with one attached hydrogen (secondary N) is 1. The molecule has 0 spiro atoms. The van der Waals surface area contributed by atoms with Crippen LogP contribution in [0, 0.1) is 0 Å². The van der Waals surface area contributed by atoms with Crippen molar-refractivity contribution >= 4 is 16.8 Å². The van der Waals surface area contributed by atoms with Crippen LogP contribution in [0.5, 0.6) is 0 Å². The average Bonchev–Trinajstić information content (AvgIpc) is 3.19. The molecule has 1 N–H and O–H groups in total. The summed E-state index contributed by atoms with van der Waals surface area (Å²) in [6, 6.07) is 6.35. The number of carbonyl (C=O) groups is 1. The van der Waals surface area contributed by atoms with Crippen LogP contribution < -0.4 is 0 Å². The first-order chi connectivity index (χ1) is 12.3. The van der Waals surface area contributed by atoms with Crippen LogP contribution in [-0.2, 0) is 0 Å². The summed E-state index contributed by atoms with van der Waals surface area (Å²) in [6.07, 6.45) is 7.96. The monoisotopic (exact) mass is 336 g/mol. The molecule has 7 heteroatoms. The lowest BCUT2D eigenvalue weighted by Crippen LogP contribution is -2.38. The van der Waals surface area contributed by atoms with Gasteiger partial charge in [-0.15, -0.1) is 10.2 Å². The number of H-pyrrole nitrogens is 1. The van der Waals surface area contributed by atoms with E-state index < -0.39 is 0 Å². The lowest BCUT2D eigenvalue weighted by atomic mass is 9.95. The Balaban J connectivity index is 1.32. The van der Waals surface area contributed by atoms with Gasteiger partial charge in [-0.25, -0.2) is 0 Å². The van der Waals surface area contributed by atoms with E-state index in [4.69, 9.17) is 0 Å². The number of amides is 1. The number of hydrogen-bond acceptors (Lipinski definition) is 4. The maximum Gasteiger partial charge on any atom is 0.256 e. The molecule has 1 aromatic carbocycles. The Kier molecular flexibility index (Phi) is 3.33. The fraction of sp³-hybridized carbons (Fsp3) is 0.444. The van der Waals surface area contributed by atoms with Gasteiger partial charge in [0, 0.05) is 30.4 Å². The summed E-state index contributed by atoms with van der Waals surface area (Å²) < 4.78 is 2.24. The molecule has 25 heavy (non-hydrogen) atoms. The highest BCUT2D eigenvalue weighted by atomic mass is 16.2. The van der Waals surface area contributed by atoms with Crippen molar-refractivity contribution in [3.63, 3.8) is 0 Å². The number of piperidine rings is 1. The molecule has 2 aliphatic rings. The number of likely N-dealkylation sites (tertiary alicyclic amines) is 1. The Labute approximate surface area is 145 Å². The Morgan fingerprint density at radius 2 is 2.00 bits per heavy atom. The smallest absolute Gasteiger partial charge is 0.256 e. The number of benzene rings is 1. The molecule has 0 bridgehead atoms. The average molecular weight is 336 g/mol. The number of hydrogen-bond donors (Lipinski definition) is 1. The van der Waals surface area contributed by atoms with Crippen LogP contribution in [-0.4, -0.2) is 48.9 Å². The minimum absolute atomic E-state index is 0.0805. The van der Waals surface area contributed by atoms with Crippen LogP contribution in [0.3, 0.4) is 0 Å². The summed E-state index contributed by atoms with van der Waals surface area (Å²) in [7, 11) is 0. The molecule has 0 radical (unpaired) electrons. The molecule has 1 aliphatic carbocycles. The molecule has 1 aliphatic heterocycles. The van der Waals surface area contributed by atoms with Gasteiger partial charge in [0.15, 0.2) is 0 Å². The normalized spacial score (nSPS) is 18.8. The molecule has 3 aromatic rings. The molecule has 0 atom stereocenters. The lowest BCUT2D eigenvalue weighted by molar-refractivity contribution is 0.0712. The van der Waals surface area contributed by atoms with Gasteiger partial charge in [0.1, 0.15) is 12.2 Å². The van der Waals surface area contributed by atoms with Gasteiger partial charge in [-0.3, -0.25) is 9.89 Å². The predicted octanol–water partition coefficient (Wildman–Crippen LogP) is 2.51. The standard InChI is InChI=1S/C18H20N6O/c25-18(15-3-1-2-13-10-19-21-16(13)15)23-8-6-12(7-9-23)17-22-20-11-24(17)14-4-5-14/h1-3,10-12,14H,4-9H2,(H,19,21). The Morgan fingerprint density at radius 3 is 2.80 bits per heavy atom. The molecule has 1 amide bonds. The van der Waals surface area contributed by atoms with E-state index >= 15 is 0 Å². The van der Waals surface area contributed by atoms with Crippen molar-refractivity contribution < 1.29 is 4.79 Å². The fourth-order valence-corrected chi connectivity index (χ4v) is 3.84. The van der Waals surface area contributed by atoms with Crippen molar-refractivity contribution in [2.45, 2.75) is 37.6 Å². The van der Waals surface area contributed by atoms with E-state index in [1.807, 2.05) is 29.4 Å². The highest BCUT2D eigenvalue weighted by Gasteiger charge is 2.32. The molecule has 0 unspecified atom stereocenters. The summed E-state index contributed by atoms with van der Waals surface area (Å²) in [5.41, 5.74) is 1.53. The minimum atomic E-state index is 0.0805. The van der Waals surface area contributed by atoms with Gasteiger partial charge >= 0.3 is 0 Å².